The van der Waals surface area contributed by atoms with Gasteiger partial charge in [0.1, 0.15) is 0 Å². The number of carbonyl (C=O) groups excluding carboxylic acids is 1. The first-order valence-electron chi connectivity index (χ1n) is 7.48. The van der Waals surface area contributed by atoms with Gasteiger partial charge >= 0.3 is 0 Å². The fourth-order valence-corrected chi connectivity index (χ4v) is 2.45. The van der Waals surface area contributed by atoms with Crippen LogP contribution in [0.4, 0.5) is 4.39 Å². The summed E-state index contributed by atoms with van der Waals surface area (Å²) in [5, 5.41) is 2.94. The lowest BCUT2D eigenvalue weighted by Crippen LogP contribution is -2.38. The van der Waals surface area contributed by atoms with Crippen LogP contribution in [0.5, 0.6) is 5.75 Å². The van der Waals surface area contributed by atoms with Gasteiger partial charge in [-0.05, 0) is 43.2 Å². The summed E-state index contributed by atoms with van der Waals surface area (Å²) in [5.41, 5.74) is 1.02. The van der Waals surface area contributed by atoms with Gasteiger partial charge in [-0.3, -0.25) is 4.79 Å². The minimum Gasteiger partial charge on any atom is -0.478 e. The lowest BCUT2D eigenvalue weighted by molar-refractivity contribution is -0.128. The average molecular weight is 380 g/mol. The number of ether oxygens (including phenoxy) is 1. The predicted molar refractivity (Wildman–Crippen MR) is 91.8 cm³/mol. The van der Waals surface area contributed by atoms with Crippen molar-refractivity contribution in [3.63, 3.8) is 0 Å². The number of nitrogens with one attached hydrogen (secondary N) is 1. The lowest BCUT2D eigenvalue weighted by Gasteiger charge is -2.21. The fourth-order valence-electron chi connectivity index (χ4n) is 2.19. The maximum Gasteiger partial charge on any atom is 0.261 e. The average Bonchev–Trinajstić information content (AvgIpc) is 2.55. The molecule has 0 heterocycles. The van der Waals surface area contributed by atoms with Gasteiger partial charge in [0, 0.05) is 4.47 Å². The first-order valence-corrected chi connectivity index (χ1v) is 8.27. The Bertz CT molecular complexity index is 660. The van der Waals surface area contributed by atoms with Crippen LogP contribution in [-0.4, -0.2) is 12.0 Å². The van der Waals surface area contributed by atoms with Crippen LogP contribution in [0, 0.1) is 5.82 Å². The maximum atomic E-state index is 13.6. The van der Waals surface area contributed by atoms with E-state index in [1.54, 1.807) is 19.1 Å². The van der Waals surface area contributed by atoms with Crippen molar-refractivity contribution in [2.24, 2.45) is 0 Å². The van der Waals surface area contributed by atoms with Crippen molar-refractivity contribution >= 4 is 21.8 Å². The first-order chi connectivity index (χ1) is 11.0. The summed E-state index contributed by atoms with van der Waals surface area (Å²) in [4.78, 5) is 12.3. The number of para-hydroxylation sites is 1. The van der Waals surface area contributed by atoms with Crippen LogP contribution >= 0.6 is 15.9 Å². The molecule has 2 aromatic carbocycles. The van der Waals surface area contributed by atoms with Crippen molar-refractivity contribution in [2.45, 2.75) is 32.4 Å². The molecular formula is C18H19BrFNO2. The highest BCUT2D eigenvalue weighted by molar-refractivity contribution is 9.10. The molecule has 3 nitrogen and oxygen atoms in total. The van der Waals surface area contributed by atoms with Gasteiger partial charge in [-0.2, -0.15) is 0 Å². The van der Waals surface area contributed by atoms with Crippen LogP contribution in [0.25, 0.3) is 0 Å². The van der Waals surface area contributed by atoms with E-state index in [0.29, 0.717) is 0 Å². The zero-order valence-electron chi connectivity index (χ0n) is 13.1. The number of carbonyl (C=O) groups is 1. The Morgan fingerprint density at radius 1 is 1.22 bits per heavy atom. The second-order valence-corrected chi connectivity index (χ2v) is 6.13. The highest BCUT2D eigenvalue weighted by Crippen LogP contribution is 2.21. The van der Waals surface area contributed by atoms with Crippen molar-refractivity contribution < 1.29 is 13.9 Å². The Morgan fingerprint density at radius 2 is 1.87 bits per heavy atom. The topological polar surface area (TPSA) is 38.3 Å². The molecule has 5 heteroatoms. The fraction of sp³-hybridized carbons (Fsp3) is 0.278. The molecule has 1 amide bonds. The molecule has 0 fully saturated rings. The summed E-state index contributed by atoms with van der Waals surface area (Å²) in [6, 6.07) is 13.7. The van der Waals surface area contributed by atoms with E-state index in [1.165, 1.54) is 12.1 Å². The van der Waals surface area contributed by atoms with Gasteiger partial charge in [0.25, 0.3) is 5.91 Å². The molecule has 0 aromatic heterocycles. The smallest absolute Gasteiger partial charge is 0.261 e. The third-order valence-corrected chi connectivity index (χ3v) is 4.04. The zero-order chi connectivity index (χ0) is 16.8. The summed E-state index contributed by atoms with van der Waals surface area (Å²) in [6.07, 6.45) is -0.0313. The number of halogens is 2. The van der Waals surface area contributed by atoms with E-state index in [4.69, 9.17) is 4.74 Å². The van der Waals surface area contributed by atoms with Crippen LogP contribution in [0.2, 0.25) is 0 Å². The number of amides is 1. The molecule has 0 saturated carbocycles. The highest BCUT2D eigenvalue weighted by Gasteiger charge is 2.20. The quantitative estimate of drug-likeness (QED) is 0.794. The molecule has 2 rings (SSSR count). The summed E-state index contributed by atoms with van der Waals surface area (Å²) < 4.78 is 20.0. The molecule has 2 atom stereocenters. The van der Waals surface area contributed by atoms with Crippen molar-refractivity contribution in [1.29, 1.82) is 0 Å². The SMILES string of the molecule is CCC(NC(=O)C(C)Oc1ccccc1F)c1ccc(Br)cc1. The van der Waals surface area contributed by atoms with Gasteiger partial charge in [-0.15, -0.1) is 0 Å². The molecule has 0 aliphatic rings. The molecule has 1 N–H and O–H groups in total. The van der Waals surface area contributed by atoms with Crippen molar-refractivity contribution in [3.05, 3.63) is 64.4 Å². The Balaban J connectivity index is 2.01. The molecule has 2 unspecified atom stereocenters. The minimum absolute atomic E-state index is 0.0758. The van der Waals surface area contributed by atoms with Crippen LogP contribution in [0.3, 0.4) is 0 Å². The number of hydrogen-bond donors (Lipinski definition) is 1. The van der Waals surface area contributed by atoms with Gasteiger partial charge in [-0.25, -0.2) is 4.39 Å². The van der Waals surface area contributed by atoms with Gasteiger partial charge in [0.15, 0.2) is 17.7 Å². The summed E-state index contributed by atoms with van der Waals surface area (Å²) in [6.45, 7) is 3.60. The normalized spacial score (nSPS) is 13.2. The molecule has 0 saturated heterocycles. The van der Waals surface area contributed by atoms with Crippen molar-refractivity contribution in [1.82, 2.24) is 5.32 Å². The predicted octanol–water partition coefficient (Wildman–Crippen LogP) is 4.62. The van der Waals surface area contributed by atoms with E-state index >= 15 is 0 Å². The largest absolute Gasteiger partial charge is 0.478 e. The van der Waals surface area contributed by atoms with E-state index < -0.39 is 11.9 Å². The molecule has 122 valence electrons. The number of rotatable bonds is 6. The third-order valence-electron chi connectivity index (χ3n) is 3.51. The Morgan fingerprint density at radius 3 is 2.48 bits per heavy atom. The lowest BCUT2D eigenvalue weighted by atomic mass is 10.0. The van der Waals surface area contributed by atoms with Crippen LogP contribution < -0.4 is 10.1 Å². The molecule has 0 bridgehead atoms. The molecule has 0 radical (unpaired) electrons. The molecular weight excluding hydrogens is 361 g/mol. The van der Waals surface area contributed by atoms with E-state index in [0.717, 1.165) is 16.5 Å². The van der Waals surface area contributed by atoms with Crippen molar-refractivity contribution in [2.75, 3.05) is 0 Å². The molecule has 0 aliphatic carbocycles. The monoisotopic (exact) mass is 379 g/mol. The summed E-state index contributed by atoms with van der Waals surface area (Å²) in [5.74, 6) is -0.679. The maximum absolute atomic E-state index is 13.6. The summed E-state index contributed by atoms with van der Waals surface area (Å²) >= 11 is 3.39. The van der Waals surface area contributed by atoms with Crippen LogP contribution in [0.1, 0.15) is 31.9 Å². The zero-order valence-corrected chi connectivity index (χ0v) is 14.6. The first kappa shape index (κ1) is 17.5. The van der Waals surface area contributed by atoms with Crippen LogP contribution in [0.15, 0.2) is 53.0 Å². The Hall–Kier alpha value is -1.88. The Labute approximate surface area is 144 Å². The van der Waals surface area contributed by atoms with Crippen LogP contribution in [-0.2, 0) is 4.79 Å². The van der Waals surface area contributed by atoms with E-state index in [9.17, 15) is 9.18 Å². The van der Waals surface area contributed by atoms with E-state index in [-0.39, 0.29) is 17.7 Å². The molecule has 0 spiro atoms. The number of hydrogen-bond acceptors (Lipinski definition) is 2. The molecule has 2 aromatic rings. The molecule has 23 heavy (non-hydrogen) atoms. The van der Waals surface area contributed by atoms with Gasteiger partial charge in [-0.1, -0.05) is 47.1 Å². The second kappa shape index (κ2) is 8.11. The standard InChI is InChI=1S/C18H19BrFNO2/c1-3-16(13-8-10-14(19)11-9-13)21-18(22)12(2)23-17-7-5-4-6-15(17)20/h4-12,16H,3H2,1-2H3,(H,21,22). The minimum atomic E-state index is -0.781. The van der Waals surface area contributed by atoms with Gasteiger partial charge in [0.05, 0.1) is 6.04 Å². The third kappa shape index (κ3) is 4.79. The van der Waals surface area contributed by atoms with Gasteiger partial charge < -0.3 is 10.1 Å². The highest BCUT2D eigenvalue weighted by atomic mass is 79.9. The van der Waals surface area contributed by atoms with E-state index in [1.807, 2.05) is 31.2 Å². The number of benzene rings is 2. The Kier molecular flexibility index (Phi) is 6.16. The van der Waals surface area contributed by atoms with E-state index in [2.05, 4.69) is 21.2 Å². The summed E-state index contributed by atoms with van der Waals surface area (Å²) in [7, 11) is 0. The van der Waals surface area contributed by atoms with Crippen molar-refractivity contribution in [3.8, 4) is 5.75 Å². The molecule has 0 aliphatic heterocycles. The van der Waals surface area contributed by atoms with Gasteiger partial charge in [0.2, 0.25) is 0 Å². The second-order valence-electron chi connectivity index (χ2n) is 5.21.